The van der Waals surface area contributed by atoms with E-state index < -0.39 is 10.8 Å². The topological polar surface area (TPSA) is 60.2 Å². The van der Waals surface area contributed by atoms with Crippen LogP contribution in [-0.2, 0) is 4.79 Å². The van der Waals surface area contributed by atoms with E-state index >= 15 is 0 Å². The molecule has 0 aliphatic carbocycles. The lowest BCUT2D eigenvalue weighted by molar-refractivity contribution is -0.481. The number of hydrogen-bond acceptors (Lipinski definition) is 3. The van der Waals surface area contributed by atoms with Gasteiger partial charge in [-0.25, -0.2) is 0 Å². The van der Waals surface area contributed by atoms with E-state index in [4.69, 9.17) is 0 Å². The summed E-state index contributed by atoms with van der Waals surface area (Å²) in [6.07, 6.45) is 1.12. The summed E-state index contributed by atoms with van der Waals surface area (Å²) in [4.78, 5) is 22.1. The zero-order valence-electron chi connectivity index (χ0n) is 10.2. The second-order valence-electron chi connectivity index (χ2n) is 4.19. The third-order valence-electron chi connectivity index (χ3n) is 2.70. The number of benzene rings is 1. The molecule has 0 spiro atoms. The molecule has 0 bridgehead atoms. The van der Waals surface area contributed by atoms with E-state index in [1.165, 1.54) is 0 Å². The molecule has 0 fully saturated rings. The molecule has 0 unspecified atom stereocenters. The Balaban J connectivity index is 2.92. The van der Waals surface area contributed by atoms with Crippen molar-refractivity contribution < 1.29 is 9.72 Å². The number of Topliss-reactive ketones (excluding diaryl/α,β-unsaturated/α-hetero) is 1. The number of nitrogens with zero attached hydrogens (tertiary/aromatic N) is 1. The van der Waals surface area contributed by atoms with Gasteiger partial charge in [0, 0.05) is 11.3 Å². The zero-order valence-corrected chi connectivity index (χ0v) is 10.2. The third-order valence-corrected chi connectivity index (χ3v) is 2.70. The number of rotatable bonds is 6. The maximum Gasteiger partial charge on any atom is 0.217 e. The molecule has 1 rings (SSSR count). The monoisotopic (exact) mass is 235 g/mol. The third kappa shape index (κ3) is 3.98. The lowest BCUT2D eigenvalue weighted by Crippen LogP contribution is -2.21. The zero-order chi connectivity index (χ0) is 12.8. The van der Waals surface area contributed by atoms with Crippen molar-refractivity contribution in [2.75, 3.05) is 6.54 Å². The molecule has 1 atom stereocenters. The average molecular weight is 235 g/mol. The fourth-order valence-electron chi connectivity index (χ4n) is 1.76. The first-order valence-corrected chi connectivity index (χ1v) is 5.75. The van der Waals surface area contributed by atoms with Crippen LogP contribution in [0, 0.1) is 17.0 Å². The van der Waals surface area contributed by atoms with E-state index in [0.29, 0.717) is 6.42 Å². The Kier molecular flexibility index (Phi) is 4.82. The number of aryl methyl sites for hydroxylation is 1. The first kappa shape index (κ1) is 13.4. The molecule has 0 N–H and O–H groups in total. The predicted octanol–water partition coefficient (Wildman–Crippen LogP) is 2.72. The Bertz CT molecular complexity index is 398. The maximum atomic E-state index is 11.9. The predicted molar refractivity (Wildman–Crippen MR) is 65.7 cm³/mol. The fourth-order valence-corrected chi connectivity index (χ4v) is 1.76. The van der Waals surface area contributed by atoms with Gasteiger partial charge in [0.25, 0.3) is 0 Å². The van der Waals surface area contributed by atoms with E-state index in [2.05, 4.69) is 0 Å². The molecule has 0 aromatic heterocycles. The minimum Gasteiger partial charge on any atom is -0.299 e. The van der Waals surface area contributed by atoms with Gasteiger partial charge >= 0.3 is 0 Å². The fraction of sp³-hybridized carbons (Fsp3) is 0.462. The van der Waals surface area contributed by atoms with Crippen LogP contribution in [0.25, 0.3) is 0 Å². The van der Waals surface area contributed by atoms with Crippen molar-refractivity contribution in [2.45, 2.75) is 32.6 Å². The normalized spacial score (nSPS) is 12.1. The van der Waals surface area contributed by atoms with Crippen LogP contribution in [0.2, 0.25) is 0 Å². The summed E-state index contributed by atoms with van der Waals surface area (Å²) >= 11 is 0. The number of nitro groups is 1. The van der Waals surface area contributed by atoms with Gasteiger partial charge in [-0.1, -0.05) is 36.8 Å². The van der Waals surface area contributed by atoms with Crippen molar-refractivity contribution in [3.63, 3.8) is 0 Å². The minimum atomic E-state index is -0.606. The molecule has 1 aromatic rings. The van der Waals surface area contributed by atoms with Gasteiger partial charge in [-0.3, -0.25) is 14.9 Å². The van der Waals surface area contributed by atoms with Crippen molar-refractivity contribution in [3.05, 3.63) is 45.5 Å². The molecule has 1 aromatic carbocycles. The van der Waals surface area contributed by atoms with Crippen LogP contribution in [0.15, 0.2) is 24.3 Å². The van der Waals surface area contributed by atoms with Gasteiger partial charge < -0.3 is 0 Å². The lowest BCUT2D eigenvalue weighted by Gasteiger charge is -2.12. The standard InChI is InChI=1S/C13H17NO3/c1-3-4-13(15)12(9-14(16)17)11-7-5-10(2)6-8-11/h5-8,12H,3-4,9H2,1-2H3/t12-/m1/s1. The van der Waals surface area contributed by atoms with Crippen molar-refractivity contribution >= 4 is 5.78 Å². The molecule has 0 radical (unpaired) electrons. The van der Waals surface area contributed by atoms with E-state index in [1.54, 1.807) is 12.1 Å². The smallest absolute Gasteiger partial charge is 0.217 e. The first-order valence-electron chi connectivity index (χ1n) is 5.75. The Morgan fingerprint density at radius 1 is 1.35 bits per heavy atom. The van der Waals surface area contributed by atoms with Crippen molar-refractivity contribution in [1.82, 2.24) is 0 Å². The van der Waals surface area contributed by atoms with E-state index in [9.17, 15) is 14.9 Å². The van der Waals surface area contributed by atoms with Crippen LogP contribution >= 0.6 is 0 Å². The Labute approximate surface area is 101 Å². The van der Waals surface area contributed by atoms with Crippen molar-refractivity contribution in [1.29, 1.82) is 0 Å². The molecule has 0 saturated heterocycles. The van der Waals surface area contributed by atoms with Crippen molar-refractivity contribution in [2.24, 2.45) is 0 Å². The number of carbonyl (C=O) groups is 1. The molecule has 0 amide bonds. The van der Waals surface area contributed by atoms with E-state index in [-0.39, 0.29) is 12.3 Å². The summed E-state index contributed by atoms with van der Waals surface area (Å²) in [6, 6.07) is 7.36. The second-order valence-corrected chi connectivity index (χ2v) is 4.19. The van der Waals surface area contributed by atoms with Gasteiger partial charge in [-0.2, -0.15) is 0 Å². The maximum absolute atomic E-state index is 11.9. The summed E-state index contributed by atoms with van der Waals surface area (Å²) in [5.74, 6) is -0.654. The summed E-state index contributed by atoms with van der Waals surface area (Å²) in [6.45, 7) is 3.53. The van der Waals surface area contributed by atoms with Crippen LogP contribution < -0.4 is 0 Å². The SMILES string of the molecule is CCCC(=O)[C@H](C[N+](=O)[O-])c1ccc(C)cc1. The average Bonchev–Trinajstić information content (AvgIpc) is 2.27. The van der Waals surface area contributed by atoms with Gasteiger partial charge in [-0.05, 0) is 18.9 Å². The number of carbonyl (C=O) groups excluding carboxylic acids is 1. The highest BCUT2D eigenvalue weighted by Crippen LogP contribution is 2.20. The summed E-state index contributed by atoms with van der Waals surface area (Å²) in [5.41, 5.74) is 1.82. The van der Waals surface area contributed by atoms with Crippen LogP contribution in [0.3, 0.4) is 0 Å². The highest BCUT2D eigenvalue weighted by Gasteiger charge is 2.24. The van der Waals surface area contributed by atoms with Gasteiger partial charge in [-0.15, -0.1) is 0 Å². The highest BCUT2D eigenvalue weighted by molar-refractivity contribution is 5.85. The summed E-state index contributed by atoms with van der Waals surface area (Å²) in [7, 11) is 0. The quantitative estimate of drug-likeness (QED) is 0.562. The Morgan fingerprint density at radius 3 is 2.41 bits per heavy atom. The van der Waals surface area contributed by atoms with Crippen LogP contribution in [0.1, 0.15) is 36.8 Å². The summed E-state index contributed by atoms with van der Waals surface area (Å²) in [5, 5.41) is 10.6. The molecule has 17 heavy (non-hydrogen) atoms. The minimum absolute atomic E-state index is 0.0481. The van der Waals surface area contributed by atoms with Crippen LogP contribution in [0.4, 0.5) is 0 Å². The van der Waals surface area contributed by atoms with Gasteiger partial charge in [0.2, 0.25) is 6.54 Å². The molecule has 4 heteroatoms. The molecule has 0 aliphatic heterocycles. The molecular formula is C13H17NO3. The van der Waals surface area contributed by atoms with Gasteiger partial charge in [0.1, 0.15) is 11.7 Å². The Morgan fingerprint density at radius 2 is 1.94 bits per heavy atom. The first-order chi connectivity index (χ1) is 8.04. The molecule has 0 heterocycles. The van der Waals surface area contributed by atoms with E-state index in [1.807, 2.05) is 26.0 Å². The van der Waals surface area contributed by atoms with Crippen molar-refractivity contribution in [3.8, 4) is 0 Å². The van der Waals surface area contributed by atoms with Gasteiger partial charge in [0.05, 0.1) is 0 Å². The summed E-state index contributed by atoms with van der Waals surface area (Å²) < 4.78 is 0. The molecule has 0 saturated carbocycles. The largest absolute Gasteiger partial charge is 0.299 e. The molecule has 92 valence electrons. The number of ketones is 1. The van der Waals surface area contributed by atoms with Crippen LogP contribution in [-0.4, -0.2) is 17.3 Å². The molecule has 0 aliphatic rings. The Hall–Kier alpha value is -1.71. The van der Waals surface area contributed by atoms with Crippen LogP contribution in [0.5, 0.6) is 0 Å². The van der Waals surface area contributed by atoms with Gasteiger partial charge in [0.15, 0.2) is 0 Å². The second kappa shape index (κ2) is 6.13. The number of hydrogen-bond donors (Lipinski definition) is 0. The van der Waals surface area contributed by atoms with E-state index in [0.717, 1.165) is 17.5 Å². The molecular weight excluding hydrogens is 218 g/mol. The molecule has 4 nitrogen and oxygen atoms in total. The lowest BCUT2D eigenvalue weighted by atomic mass is 9.92. The highest BCUT2D eigenvalue weighted by atomic mass is 16.6.